The Bertz CT molecular complexity index is 414. The molecule has 0 saturated carbocycles. The van der Waals surface area contributed by atoms with Crippen LogP contribution in [0.2, 0.25) is 0 Å². The van der Waals surface area contributed by atoms with Crippen molar-refractivity contribution in [3.8, 4) is 0 Å². The number of aliphatic hydroxyl groups is 1. The standard InChI is InChI=1S/C12H17N3O2/c13-9-4-8(5-10(14)6-9)12(17)15-3-1-2-11(16)7-15/h4-6,11,16H,1-3,7,13-14H2. The normalized spacial score (nSPS) is 20.3. The van der Waals surface area contributed by atoms with Gasteiger partial charge in [-0.25, -0.2) is 0 Å². The molecule has 0 aliphatic carbocycles. The van der Waals surface area contributed by atoms with E-state index < -0.39 is 6.10 Å². The third-order valence-corrected chi connectivity index (χ3v) is 2.91. The number of aliphatic hydroxyl groups excluding tert-OH is 1. The number of nitrogens with two attached hydrogens (primary N) is 2. The fourth-order valence-electron chi connectivity index (χ4n) is 2.12. The van der Waals surface area contributed by atoms with Crippen LogP contribution in [0.15, 0.2) is 18.2 Å². The molecular weight excluding hydrogens is 218 g/mol. The third-order valence-electron chi connectivity index (χ3n) is 2.91. The number of hydrogen-bond donors (Lipinski definition) is 3. The Hall–Kier alpha value is -1.75. The van der Waals surface area contributed by atoms with Crippen molar-refractivity contribution in [2.24, 2.45) is 0 Å². The number of likely N-dealkylation sites (tertiary alicyclic amines) is 1. The number of amides is 1. The van der Waals surface area contributed by atoms with Crippen molar-refractivity contribution in [3.63, 3.8) is 0 Å². The molecule has 1 aliphatic heterocycles. The van der Waals surface area contributed by atoms with Crippen molar-refractivity contribution < 1.29 is 9.90 Å². The van der Waals surface area contributed by atoms with Gasteiger partial charge in [0.25, 0.3) is 5.91 Å². The van der Waals surface area contributed by atoms with Gasteiger partial charge in [0.15, 0.2) is 0 Å². The number of nitrogens with zero attached hydrogens (tertiary/aromatic N) is 1. The summed E-state index contributed by atoms with van der Waals surface area (Å²) in [5.74, 6) is -0.122. The van der Waals surface area contributed by atoms with Gasteiger partial charge in [0, 0.05) is 30.0 Å². The first-order valence-electron chi connectivity index (χ1n) is 5.69. The monoisotopic (exact) mass is 235 g/mol. The summed E-state index contributed by atoms with van der Waals surface area (Å²) < 4.78 is 0. The lowest BCUT2D eigenvalue weighted by Crippen LogP contribution is -2.42. The zero-order valence-corrected chi connectivity index (χ0v) is 9.60. The molecule has 5 N–H and O–H groups in total. The molecule has 0 aromatic heterocycles. The fourth-order valence-corrected chi connectivity index (χ4v) is 2.12. The van der Waals surface area contributed by atoms with Crippen LogP contribution in [-0.4, -0.2) is 35.1 Å². The van der Waals surface area contributed by atoms with Crippen molar-refractivity contribution in [3.05, 3.63) is 23.8 Å². The van der Waals surface area contributed by atoms with Crippen molar-refractivity contribution in [2.75, 3.05) is 24.6 Å². The van der Waals surface area contributed by atoms with E-state index in [1.807, 2.05) is 0 Å². The summed E-state index contributed by atoms with van der Waals surface area (Å²) in [6.07, 6.45) is 1.15. The first-order valence-corrected chi connectivity index (χ1v) is 5.69. The Morgan fingerprint density at radius 1 is 1.29 bits per heavy atom. The minimum Gasteiger partial charge on any atom is -0.399 e. The second-order valence-electron chi connectivity index (χ2n) is 4.44. The van der Waals surface area contributed by atoms with E-state index in [0.29, 0.717) is 30.0 Å². The molecular formula is C12H17N3O2. The molecule has 0 bridgehead atoms. The predicted octanol–water partition coefficient (Wildman–Crippen LogP) is 0.448. The molecule has 1 unspecified atom stereocenters. The zero-order valence-electron chi connectivity index (χ0n) is 9.60. The van der Waals surface area contributed by atoms with Gasteiger partial charge < -0.3 is 21.5 Å². The Morgan fingerprint density at radius 2 is 1.94 bits per heavy atom. The fraction of sp³-hybridized carbons (Fsp3) is 0.417. The lowest BCUT2D eigenvalue weighted by Gasteiger charge is -2.30. The van der Waals surface area contributed by atoms with Gasteiger partial charge in [0.2, 0.25) is 0 Å². The molecule has 5 nitrogen and oxygen atoms in total. The highest BCUT2D eigenvalue weighted by molar-refractivity contribution is 5.96. The van der Waals surface area contributed by atoms with E-state index in [0.717, 1.165) is 12.8 Å². The molecule has 1 fully saturated rings. The first-order chi connectivity index (χ1) is 8.06. The minimum absolute atomic E-state index is 0.122. The second kappa shape index (κ2) is 4.63. The lowest BCUT2D eigenvalue weighted by molar-refractivity contribution is 0.0474. The van der Waals surface area contributed by atoms with Crippen LogP contribution in [-0.2, 0) is 0 Å². The molecule has 1 atom stereocenters. The highest BCUT2D eigenvalue weighted by Crippen LogP contribution is 2.18. The average molecular weight is 235 g/mol. The van der Waals surface area contributed by atoms with Gasteiger partial charge >= 0.3 is 0 Å². The number of rotatable bonds is 1. The van der Waals surface area contributed by atoms with E-state index in [9.17, 15) is 9.90 Å². The summed E-state index contributed by atoms with van der Waals surface area (Å²) >= 11 is 0. The minimum atomic E-state index is -0.425. The van der Waals surface area contributed by atoms with Crippen molar-refractivity contribution in [1.82, 2.24) is 4.90 Å². The highest BCUT2D eigenvalue weighted by Gasteiger charge is 2.23. The maximum atomic E-state index is 12.2. The lowest BCUT2D eigenvalue weighted by atomic mass is 10.1. The Morgan fingerprint density at radius 3 is 2.53 bits per heavy atom. The summed E-state index contributed by atoms with van der Waals surface area (Å²) in [5.41, 5.74) is 12.7. The third kappa shape index (κ3) is 2.68. The first kappa shape index (κ1) is 11.7. The molecule has 1 amide bonds. The van der Waals surface area contributed by atoms with E-state index in [1.54, 1.807) is 23.1 Å². The van der Waals surface area contributed by atoms with E-state index in [1.165, 1.54) is 0 Å². The van der Waals surface area contributed by atoms with Crippen molar-refractivity contribution in [2.45, 2.75) is 18.9 Å². The molecule has 1 heterocycles. The Balaban J connectivity index is 2.18. The number of anilines is 2. The average Bonchev–Trinajstić information content (AvgIpc) is 2.26. The summed E-state index contributed by atoms with van der Waals surface area (Å²) in [6.45, 7) is 1.05. The molecule has 1 aromatic carbocycles. The Kier molecular flexibility index (Phi) is 3.19. The SMILES string of the molecule is Nc1cc(N)cc(C(=O)N2CCCC(O)C2)c1. The highest BCUT2D eigenvalue weighted by atomic mass is 16.3. The van der Waals surface area contributed by atoms with E-state index in [4.69, 9.17) is 11.5 Å². The number of carbonyl (C=O) groups is 1. The zero-order chi connectivity index (χ0) is 12.4. The molecule has 0 radical (unpaired) electrons. The van der Waals surface area contributed by atoms with Crippen LogP contribution in [0, 0.1) is 0 Å². The summed E-state index contributed by atoms with van der Waals surface area (Å²) in [6, 6.07) is 4.83. The molecule has 0 spiro atoms. The predicted molar refractivity (Wildman–Crippen MR) is 66.4 cm³/mol. The quantitative estimate of drug-likeness (QED) is 0.616. The van der Waals surface area contributed by atoms with Gasteiger partial charge in [-0.1, -0.05) is 0 Å². The van der Waals surface area contributed by atoms with Crippen molar-refractivity contribution >= 4 is 17.3 Å². The smallest absolute Gasteiger partial charge is 0.254 e. The number of hydrogen-bond acceptors (Lipinski definition) is 4. The van der Waals surface area contributed by atoms with Gasteiger partial charge in [-0.3, -0.25) is 4.79 Å². The summed E-state index contributed by atoms with van der Waals surface area (Å²) in [7, 11) is 0. The van der Waals surface area contributed by atoms with E-state index in [-0.39, 0.29) is 5.91 Å². The molecule has 1 aromatic rings. The van der Waals surface area contributed by atoms with E-state index in [2.05, 4.69) is 0 Å². The van der Waals surface area contributed by atoms with Crippen LogP contribution in [0.4, 0.5) is 11.4 Å². The molecule has 1 aliphatic rings. The van der Waals surface area contributed by atoms with Crippen LogP contribution in [0.5, 0.6) is 0 Å². The number of nitrogen functional groups attached to an aromatic ring is 2. The van der Waals surface area contributed by atoms with Gasteiger partial charge in [-0.2, -0.15) is 0 Å². The topological polar surface area (TPSA) is 92.6 Å². The molecule has 92 valence electrons. The second-order valence-corrected chi connectivity index (χ2v) is 4.44. The summed E-state index contributed by atoms with van der Waals surface area (Å²) in [5, 5.41) is 9.54. The number of piperidine rings is 1. The number of carbonyl (C=O) groups excluding carboxylic acids is 1. The molecule has 2 rings (SSSR count). The van der Waals surface area contributed by atoms with Gasteiger partial charge in [-0.15, -0.1) is 0 Å². The maximum Gasteiger partial charge on any atom is 0.254 e. The van der Waals surface area contributed by atoms with Gasteiger partial charge in [-0.05, 0) is 31.0 Å². The van der Waals surface area contributed by atoms with Crippen LogP contribution < -0.4 is 11.5 Å². The van der Waals surface area contributed by atoms with Gasteiger partial charge in [0.1, 0.15) is 0 Å². The number of benzene rings is 1. The molecule has 1 saturated heterocycles. The summed E-state index contributed by atoms with van der Waals surface area (Å²) in [4.78, 5) is 13.8. The van der Waals surface area contributed by atoms with E-state index >= 15 is 0 Å². The number of β-amino-alcohol motifs (C(OH)–C–C–N with tert-alkyl or cyclic N) is 1. The maximum absolute atomic E-state index is 12.2. The van der Waals surface area contributed by atoms with Crippen LogP contribution in [0.3, 0.4) is 0 Å². The van der Waals surface area contributed by atoms with Crippen LogP contribution in [0.1, 0.15) is 23.2 Å². The van der Waals surface area contributed by atoms with Gasteiger partial charge in [0.05, 0.1) is 6.10 Å². The molecule has 5 heteroatoms. The molecule has 17 heavy (non-hydrogen) atoms. The van der Waals surface area contributed by atoms with Crippen LogP contribution in [0.25, 0.3) is 0 Å². The Labute approximate surface area is 100 Å². The largest absolute Gasteiger partial charge is 0.399 e. The van der Waals surface area contributed by atoms with Crippen LogP contribution >= 0.6 is 0 Å². The van der Waals surface area contributed by atoms with Crippen molar-refractivity contribution in [1.29, 1.82) is 0 Å².